The molecule has 1 aromatic rings. The first-order chi connectivity index (χ1) is 12.5. The molecule has 0 atom stereocenters. The molecule has 2 N–H and O–H groups in total. The molecule has 27 heavy (non-hydrogen) atoms. The molecule has 8 heteroatoms. The summed E-state index contributed by atoms with van der Waals surface area (Å²) in [6.45, 7) is 6.63. The summed E-state index contributed by atoms with van der Waals surface area (Å²) >= 11 is 11.9. The maximum Gasteiger partial charge on any atom is 0.410 e. The molecule has 150 valence electrons. The molecule has 0 aliphatic carbocycles. The van der Waals surface area contributed by atoms with Gasteiger partial charge in [0.25, 0.3) is 5.91 Å². The number of aliphatic hydroxyl groups excluding tert-OH is 1. The molecule has 1 aliphatic heterocycles. The Morgan fingerprint density at radius 2 is 1.74 bits per heavy atom. The largest absolute Gasteiger partial charge is 0.444 e. The van der Waals surface area contributed by atoms with Gasteiger partial charge >= 0.3 is 6.09 Å². The highest BCUT2D eigenvalue weighted by molar-refractivity contribution is 6.35. The second kappa shape index (κ2) is 8.67. The fraction of sp³-hybridized carbons (Fsp3) is 0.579. The second-order valence-electron chi connectivity index (χ2n) is 7.97. The molecule has 0 spiro atoms. The minimum atomic E-state index is -0.547. The molecule has 0 saturated carbocycles. The van der Waals surface area contributed by atoms with Gasteiger partial charge in [-0.15, -0.1) is 0 Å². The Labute approximate surface area is 169 Å². The number of ether oxygens (including phenoxy) is 1. The van der Waals surface area contributed by atoms with Crippen LogP contribution in [0.1, 0.15) is 44.0 Å². The van der Waals surface area contributed by atoms with E-state index in [0.29, 0.717) is 48.1 Å². The van der Waals surface area contributed by atoms with Crippen LogP contribution >= 0.6 is 23.2 Å². The van der Waals surface area contributed by atoms with E-state index in [1.54, 1.807) is 23.1 Å². The van der Waals surface area contributed by atoms with Crippen molar-refractivity contribution >= 4 is 35.2 Å². The Morgan fingerprint density at radius 1 is 1.19 bits per heavy atom. The van der Waals surface area contributed by atoms with E-state index < -0.39 is 11.0 Å². The standard InChI is InChI=1S/C19H26Cl2N2O4/c1-18(2,3)27-17(26)23-6-4-19(12-24,5-7-23)11-22-16(25)13-8-14(20)10-15(21)9-13/h8-10,24H,4-7,11-12H2,1-3H3,(H,22,25). The Kier molecular flexibility index (Phi) is 7.00. The van der Waals surface area contributed by atoms with Gasteiger partial charge in [0.15, 0.2) is 0 Å². The lowest BCUT2D eigenvalue weighted by molar-refractivity contribution is -0.0000348. The summed E-state index contributed by atoms with van der Waals surface area (Å²) in [4.78, 5) is 26.2. The quantitative estimate of drug-likeness (QED) is 0.783. The van der Waals surface area contributed by atoms with Gasteiger partial charge in [-0.05, 0) is 51.8 Å². The number of carbonyl (C=O) groups is 2. The van der Waals surface area contributed by atoms with Crippen LogP contribution in [0.2, 0.25) is 10.0 Å². The summed E-state index contributed by atoms with van der Waals surface area (Å²) in [7, 11) is 0. The van der Waals surface area contributed by atoms with Gasteiger partial charge in [-0.3, -0.25) is 4.79 Å². The van der Waals surface area contributed by atoms with Gasteiger partial charge in [-0.2, -0.15) is 0 Å². The zero-order valence-corrected chi connectivity index (χ0v) is 17.4. The minimum Gasteiger partial charge on any atom is -0.444 e. The van der Waals surface area contributed by atoms with Crippen LogP contribution in [0.25, 0.3) is 0 Å². The van der Waals surface area contributed by atoms with E-state index in [9.17, 15) is 14.7 Å². The molecule has 1 aliphatic rings. The van der Waals surface area contributed by atoms with Crippen LogP contribution < -0.4 is 5.32 Å². The van der Waals surface area contributed by atoms with Crippen LogP contribution in [0.4, 0.5) is 4.79 Å². The molecule has 1 aromatic carbocycles. The third kappa shape index (κ3) is 6.26. The third-order valence-electron chi connectivity index (χ3n) is 4.56. The number of aliphatic hydroxyl groups is 1. The molecule has 0 radical (unpaired) electrons. The van der Waals surface area contributed by atoms with Gasteiger partial charge in [-0.25, -0.2) is 4.79 Å². The Morgan fingerprint density at radius 3 is 2.22 bits per heavy atom. The predicted octanol–water partition coefficient (Wildman–Crippen LogP) is 3.73. The maximum atomic E-state index is 12.4. The number of hydrogen-bond acceptors (Lipinski definition) is 4. The van der Waals surface area contributed by atoms with Crippen molar-refractivity contribution in [2.24, 2.45) is 5.41 Å². The molecule has 6 nitrogen and oxygen atoms in total. The van der Waals surface area contributed by atoms with Crippen LogP contribution in [0.3, 0.4) is 0 Å². The molecule has 1 fully saturated rings. The van der Waals surface area contributed by atoms with E-state index in [4.69, 9.17) is 27.9 Å². The second-order valence-corrected chi connectivity index (χ2v) is 8.84. The molecule has 2 rings (SSSR count). The van der Waals surface area contributed by atoms with E-state index in [1.807, 2.05) is 20.8 Å². The average Bonchev–Trinajstić information content (AvgIpc) is 2.57. The fourth-order valence-corrected chi connectivity index (χ4v) is 3.46. The highest BCUT2D eigenvalue weighted by atomic mass is 35.5. The number of amides is 2. The van der Waals surface area contributed by atoms with Gasteiger partial charge in [0.1, 0.15) is 5.60 Å². The highest BCUT2D eigenvalue weighted by Gasteiger charge is 2.37. The molecule has 2 amide bonds. The summed E-state index contributed by atoms with van der Waals surface area (Å²) in [5.41, 5.74) is -0.655. The van der Waals surface area contributed by atoms with Crippen LogP contribution in [-0.2, 0) is 4.74 Å². The van der Waals surface area contributed by atoms with Gasteiger partial charge in [0.05, 0.1) is 6.61 Å². The number of benzene rings is 1. The number of likely N-dealkylation sites (tertiary alicyclic amines) is 1. The van der Waals surface area contributed by atoms with Crippen LogP contribution in [0.5, 0.6) is 0 Å². The predicted molar refractivity (Wildman–Crippen MR) is 105 cm³/mol. The zero-order valence-electron chi connectivity index (χ0n) is 15.8. The summed E-state index contributed by atoms with van der Waals surface area (Å²) in [6, 6.07) is 4.64. The van der Waals surface area contributed by atoms with Crippen LogP contribution in [0, 0.1) is 5.41 Å². The maximum absolute atomic E-state index is 12.4. The van der Waals surface area contributed by atoms with Crippen molar-refractivity contribution in [3.8, 4) is 0 Å². The summed E-state index contributed by atoms with van der Waals surface area (Å²) in [5.74, 6) is -0.304. The first kappa shape index (κ1) is 21.8. The first-order valence-corrected chi connectivity index (χ1v) is 9.62. The molecule has 0 bridgehead atoms. The van der Waals surface area contributed by atoms with Crippen molar-refractivity contribution in [2.45, 2.75) is 39.2 Å². The normalized spacial score (nSPS) is 16.7. The van der Waals surface area contributed by atoms with Crippen molar-refractivity contribution in [2.75, 3.05) is 26.2 Å². The number of carbonyl (C=O) groups excluding carboxylic acids is 2. The van der Waals surface area contributed by atoms with Crippen molar-refractivity contribution in [1.29, 1.82) is 0 Å². The molecule has 1 saturated heterocycles. The molecule has 1 heterocycles. The minimum absolute atomic E-state index is 0.0776. The van der Waals surface area contributed by atoms with Crippen molar-refractivity contribution in [1.82, 2.24) is 10.2 Å². The Hall–Kier alpha value is -1.50. The molecular formula is C19H26Cl2N2O4. The Balaban J connectivity index is 1.93. The molecular weight excluding hydrogens is 391 g/mol. The van der Waals surface area contributed by atoms with Gasteiger partial charge in [0.2, 0.25) is 0 Å². The SMILES string of the molecule is CC(C)(C)OC(=O)N1CCC(CO)(CNC(=O)c2cc(Cl)cc(Cl)c2)CC1. The highest BCUT2D eigenvalue weighted by Crippen LogP contribution is 2.31. The first-order valence-electron chi connectivity index (χ1n) is 8.87. The van der Waals surface area contributed by atoms with E-state index in [1.165, 1.54) is 0 Å². The van der Waals surface area contributed by atoms with E-state index in [2.05, 4.69) is 5.32 Å². The van der Waals surface area contributed by atoms with Gasteiger partial charge in [-0.1, -0.05) is 23.2 Å². The number of nitrogens with one attached hydrogen (secondary N) is 1. The van der Waals surface area contributed by atoms with E-state index in [0.717, 1.165) is 0 Å². The third-order valence-corrected chi connectivity index (χ3v) is 5.00. The zero-order chi connectivity index (χ0) is 20.2. The fourth-order valence-electron chi connectivity index (χ4n) is 2.94. The Bertz CT molecular complexity index is 675. The topological polar surface area (TPSA) is 78.9 Å². The van der Waals surface area contributed by atoms with Crippen LogP contribution in [0.15, 0.2) is 18.2 Å². The molecule has 0 aromatic heterocycles. The van der Waals surface area contributed by atoms with Gasteiger partial charge < -0.3 is 20.1 Å². The number of rotatable bonds is 4. The summed E-state index contributed by atoms with van der Waals surface area (Å²) in [6.07, 6.45) is 0.783. The lowest BCUT2D eigenvalue weighted by Gasteiger charge is -2.41. The number of halogens is 2. The van der Waals surface area contributed by atoms with Crippen molar-refractivity contribution in [3.05, 3.63) is 33.8 Å². The average molecular weight is 417 g/mol. The van der Waals surface area contributed by atoms with Gasteiger partial charge in [0, 0.05) is 40.7 Å². The number of hydrogen-bond donors (Lipinski definition) is 2. The van der Waals surface area contributed by atoms with Crippen LogP contribution in [-0.4, -0.2) is 53.8 Å². The lowest BCUT2D eigenvalue weighted by atomic mass is 9.79. The summed E-state index contributed by atoms with van der Waals surface area (Å²) < 4.78 is 5.39. The van der Waals surface area contributed by atoms with Crippen molar-refractivity contribution in [3.63, 3.8) is 0 Å². The number of piperidine rings is 1. The number of nitrogens with zero attached hydrogens (tertiary/aromatic N) is 1. The lowest BCUT2D eigenvalue weighted by Crippen LogP contribution is -2.50. The monoisotopic (exact) mass is 416 g/mol. The molecule has 0 unspecified atom stereocenters. The van der Waals surface area contributed by atoms with Crippen molar-refractivity contribution < 1.29 is 19.4 Å². The summed E-state index contributed by atoms with van der Waals surface area (Å²) in [5, 5.41) is 13.5. The van der Waals surface area contributed by atoms with E-state index >= 15 is 0 Å². The smallest absolute Gasteiger partial charge is 0.410 e. The van der Waals surface area contributed by atoms with E-state index in [-0.39, 0.29) is 18.6 Å².